The summed E-state index contributed by atoms with van der Waals surface area (Å²) in [6, 6.07) is 13.1. The summed E-state index contributed by atoms with van der Waals surface area (Å²) < 4.78 is 0. The Hall–Kier alpha value is -2.34. The van der Waals surface area contributed by atoms with Crippen molar-refractivity contribution in [2.24, 2.45) is 0 Å². The van der Waals surface area contributed by atoms with E-state index in [2.05, 4.69) is 101 Å². The van der Waals surface area contributed by atoms with Gasteiger partial charge in [-0.05, 0) is 61.1 Å². The smallest absolute Gasteiger partial charge is 0.0254 e. The fraction of sp³-hybridized carbons (Fsp3) is 0.182. The lowest BCUT2D eigenvalue weighted by Crippen LogP contribution is -1.81. The van der Waals surface area contributed by atoms with Crippen LogP contribution in [0.15, 0.2) is 60.7 Å². The van der Waals surface area contributed by atoms with Crippen molar-refractivity contribution >= 4 is 12.2 Å². The van der Waals surface area contributed by atoms with Gasteiger partial charge in [0, 0.05) is 0 Å². The highest BCUT2D eigenvalue weighted by atomic mass is 14.0. The highest BCUT2D eigenvalue weighted by molar-refractivity contribution is 5.55. The zero-order valence-electron chi connectivity index (χ0n) is 13.9. The van der Waals surface area contributed by atoms with Crippen LogP contribution < -0.4 is 0 Å². The third-order valence-corrected chi connectivity index (χ3v) is 3.97. The third kappa shape index (κ3) is 4.60. The molecule has 0 bridgehead atoms. The van der Waals surface area contributed by atoms with Crippen LogP contribution in [0, 0.1) is 27.7 Å². The summed E-state index contributed by atoms with van der Waals surface area (Å²) in [5, 5.41) is 0. The van der Waals surface area contributed by atoms with E-state index in [0.29, 0.717) is 0 Å². The lowest BCUT2D eigenvalue weighted by molar-refractivity contribution is 1.33. The molecule has 0 fully saturated rings. The number of aryl methyl sites for hydroxylation is 4. The monoisotopic (exact) mass is 288 g/mol. The molecule has 0 nitrogen and oxygen atoms in total. The van der Waals surface area contributed by atoms with Gasteiger partial charge < -0.3 is 0 Å². The quantitative estimate of drug-likeness (QED) is 0.587. The van der Waals surface area contributed by atoms with Crippen molar-refractivity contribution in [1.29, 1.82) is 0 Å². The highest BCUT2D eigenvalue weighted by Gasteiger charge is 1.92. The Kier molecular flexibility index (Phi) is 5.55. The minimum atomic E-state index is 1.24. The van der Waals surface area contributed by atoms with Crippen LogP contribution in [-0.2, 0) is 0 Å². The van der Waals surface area contributed by atoms with Crippen molar-refractivity contribution in [2.75, 3.05) is 0 Å². The molecule has 0 heteroatoms. The molecule has 112 valence electrons. The molecule has 2 rings (SSSR count). The van der Waals surface area contributed by atoms with Gasteiger partial charge in [0.2, 0.25) is 0 Å². The van der Waals surface area contributed by atoms with Crippen LogP contribution in [0.4, 0.5) is 0 Å². The molecule has 0 unspecified atom stereocenters. The number of hydrogen-bond acceptors (Lipinski definition) is 0. The summed E-state index contributed by atoms with van der Waals surface area (Å²) >= 11 is 0. The van der Waals surface area contributed by atoms with Gasteiger partial charge in [-0.3, -0.25) is 0 Å². The number of rotatable bonds is 4. The molecular weight excluding hydrogens is 264 g/mol. The first-order chi connectivity index (χ1) is 10.6. The Labute approximate surface area is 134 Å². The molecule has 0 aliphatic rings. The average Bonchev–Trinajstić information content (AvgIpc) is 2.50. The molecular formula is C22H24. The standard InChI is InChI=1S/C22H24/c1-17-11-13-21(15-19(17)3)9-7-5-6-8-10-22-14-12-18(2)20(4)16-22/h5-16H,1-4H3/b6-5+,9-7+,10-8+. The van der Waals surface area contributed by atoms with Gasteiger partial charge in [0.15, 0.2) is 0 Å². The van der Waals surface area contributed by atoms with Crippen molar-refractivity contribution in [2.45, 2.75) is 27.7 Å². The van der Waals surface area contributed by atoms with Gasteiger partial charge in [0.1, 0.15) is 0 Å². The number of benzene rings is 2. The third-order valence-electron chi connectivity index (χ3n) is 3.97. The molecule has 0 atom stereocenters. The second kappa shape index (κ2) is 7.61. The molecule has 0 aliphatic carbocycles. The molecule has 0 N–H and O–H groups in total. The topological polar surface area (TPSA) is 0 Å². The van der Waals surface area contributed by atoms with Crippen LogP contribution in [-0.4, -0.2) is 0 Å². The molecule has 0 radical (unpaired) electrons. The fourth-order valence-electron chi connectivity index (χ4n) is 2.20. The SMILES string of the molecule is Cc1ccc(/C=C/C=C/C=C/c2ccc(C)c(C)c2)cc1C. The Bertz CT molecular complexity index is 664. The van der Waals surface area contributed by atoms with Gasteiger partial charge in [-0.2, -0.15) is 0 Å². The Balaban J connectivity index is 1.94. The second-order valence-electron chi connectivity index (χ2n) is 5.79. The normalized spacial score (nSPS) is 12.0. The van der Waals surface area contributed by atoms with Crippen molar-refractivity contribution in [3.8, 4) is 0 Å². The largest absolute Gasteiger partial charge is 0.0622 e. The van der Waals surface area contributed by atoms with Crippen LogP contribution in [0.1, 0.15) is 33.4 Å². The van der Waals surface area contributed by atoms with E-state index in [0.717, 1.165) is 0 Å². The van der Waals surface area contributed by atoms with Crippen molar-refractivity contribution < 1.29 is 0 Å². The summed E-state index contributed by atoms with van der Waals surface area (Å²) in [6.07, 6.45) is 12.5. The van der Waals surface area contributed by atoms with Crippen molar-refractivity contribution in [3.63, 3.8) is 0 Å². The van der Waals surface area contributed by atoms with Crippen molar-refractivity contribution in [3.05, 3.63) is 94.1 Å². The number of allylic oxidation sites excluding steroid dienone is 4. The van der Waals surface area contributed by atoms with Gasteiger partial charge in [-0.15, -0.1) is 0 Å². The first kappa shape index (κ1) is 16.0. The first-order valence-corrected chi connectivity index (χ1v) is 7.72. The maximum absolute atomic E-state index is 2.21. The number of hydrogen-bond donors (Lipinski definition) is 0. The van der Waals surface area contributed by atoms with E-state index in [1.807, 2.05) is 0 Å². The van der Waals surface area contributed by atoms with Gasteiger partial charge in [-0.1, -0.05) is 72.9 Å². The van der Waals surface area contributed by atoms with E-state index in [1.54, 1.807) is 0 Å². The molecule has 2 aromatic carbocycles. The average molecular weight is 288 g/mol. The summed E-state index contributed by atoms with van der Waals surface area (Å²) in [5.41, 5.74) is 7.83. The molecule has 0 saturated heterocycles. The van der Waals surface area contributed by atoms with Gasteiger partial charge in [0.25, 0.3) is 0 Å². The lowest BCUT2D eigenvalue weighted by atomic mass is 10.1. The minimum absolute atomic E-state index is 1.24. The molecule has 0 aromatic heterocycles. The van der Waals surface area contributed by atoms with Gasteiger partial charge in [-0.25, -0.2) is 0 Å². The van der Waals surface area contributed by atoms with Gasteiger partial charge >= 0.3 is 0 Å². The fourth-order valence-corrected chi connectivity index (χ4v) is 2.20. The second-order valence-corrected chi connectivity index (χ2v) is 5.79. The van der Waals surface area contributed by atoms with E-state index in [-0.39, 0.29) is 0 Å². The summed E-state index contributed by atoms with van der Waals surface area (Å²) in [7, 11) is 0. The predicted octanol–water partition coefficient (Wildman–Crippen LogP) is 6.20. The zero-order valence-corrected chi connectivity index (χ0v) is 13.9. The molecule has 2 aromatic rings. The summed E-state index contributed by atoms with van der Waals surface area (Å²) in [4.78, 5) is 0. The van der Waals surface area contributed by atoms with E-state index >= 15 is 0 Å². The summed E-state index contributed by atoms with van der Waals surface area (Å²) in [5.74, 6) is 0. The molecule has 0 aliphatic heterocycles. The molecule has 0 heterocycles. The Morgan fingerprint density at radius 3 is 1.27 bits per heavy atom. The van der Waals surface area contributed by atoms with Crippen LogP contribution in [0.2, 0.25) is 0 Å². The van der Waals surface area contributed by atoms with Crippen LogP contribution in [0.25, 0.3) is 12.2 Å². The predicted molar refractivity (Wildman–Crippen MR) is 99.0 cm³/mol. The molecule has 0 spiro atoms. The molecule has 22 heavy (non-hydrogen) atoms. The Morgan fingerprint density at radius 1 is 0.500 bits per heavy atom. The minimum Gasteiger partial charge on any atom is -0.0622 e. The maximum Gasteiger partial charge on any atom is -0.0254 e. The van der Waals surface area contributed by atoms with E-state index in [9.17, 15) is 0 Å². The Morgan fingerprint density at radius 2 is 0.909 bits per heavy atom. The van der Waals surface area contributed by atoms with Crippen LogP contribution in [0.5, 0.6) is 0 Å². The lowest BCUT2D eigenvalue weighted by Gasteiger charge is -2.00. The van der Waals surface area contributed by atoms with Gasteiger partial charge in [0.05, 0.1) is 0 Å². The van der Waals surface area contributed by atoms with E-state index in [4.69, 9.17) is 0 Å². The zero-order chi connectivity index (χ0) is 15.9. The molecule has 0 amide bonds. The van der Waals surface area contributed by atoms with E-state index < -0.39 is 0 Å². The highest BCUT2D eigenvalue weighted by Crippen LogP contribution is 2.12. The maximum atomic E-state index is 2.21. The molecule has 0 saturated carbocycles. The summed E-state index contributed by atoms with van der Waals surface area (Å²) in [6.45, 7) is 8.57. The first-order valence-electron chi connectivity index (χ1n) is 7.72. The van der Waals surface area contributed by atoms with Crippen molar-refractivity contribution in [1.82, 2.24) is 0 Å². The van der Waals surface area contributed by atoms with Crippen LogP contribution in [0.3, 0.4) is 0 Å². The van der Waals surface area contributed by atoms with Crippen LogP contribution >= 0.6 is 0 Å². The van der Waals surface area contributed by atoms with E-state index in [1.165, 1.54) is 33.4 Å².